The van der Waals surface area contributed by atoms with E-state index in [-0.39, 0.29) is 0 Å². The normalized spacial score (nSPS) is 14.4. The van der Waals surface area contributed by atoms with Crippen LogP contribution in [0.15, 0.2) is 24.3 Å². The highest BCUT2D eigenvalue weighted by atomic mass is 32.9. The molecular weight excluding hydrogens is 434 g/mol. The van der Waals surface area contributed by atoms with Crippen LogP contribution >= 0.6 is 34.2 Å². The van der Waals surface area contributed by atoms with Crippen LogP contribution in [0.4, 0.5) is 0 Å². The van der Waals surface area contributed by atoms with Crippen LogP contribution < -0.4 is 0 Å². The molecule has 1 aromatic carbocycles. The monoisotopic (exact) mass is 460 g/mol. The first-order valence-electron chi connectivity index (χ1n) is 7.97. The first kappa shape index (κ1) is 24.1. The molecule has 0 aromatic heterocycles. The van der Waals surface area contributed by atoms with Crippen LogP contribution in [0.25, 0.3) is 0 Å². The van der Waals surface area contributed by atoms with Crippen LogP contribution in [0.2, 0.25) is 0 Å². The predicted molar refractivity (Wildman–Crippen MR) is 119 cm³/mol. The molecular formula is C15H26O4P2S4. The van der Waals surface area contributed by atoms with Gasteiger partial charge in [-0.05, 0) is 55.5 Å². The van der Waals surface area contributed by atoms with Gasteiger partial charge in [-0.3, -0.25) is 0 Å². The fraction of sp³-hybridized carbons (Fsp3) is 0.600. The van der Waals surface area contributed by atoms with Gasteiger partial charge in [-0.25, -0.2) is 0 Å². The molecule has 0 aliphatic carbocycles. The smallest absolute Gasteiger partial charge is 0.247 e. The summed E-state index contributed by atoms with van der Waals surface area (Å²) in [5.41, 5.74) is -2.15. The van der Waals surface area contributed by atoms with Crippen molar-refractivity contribution in [2.24, 2.45) is 0 Å². The summed E-state index contributed by atoms with van der Waals surface area (Å²) in [5.74, 6) is 1.49. The molecule has 0 fully saturated rings. The van der Waals surface area contributed by atoms with Crippen molar-refractivity contribution in [3.05, 3.63) is 35.4 Å². The highest BCUT2D eigenvalue weighted by molar-refractivity contribution is 8.68. The summed E-state index contributed by atoms with van der Waals surface area (Å²) in [6.45, 7) is 7.49. The molecule has 0 amide bonds. The van der Waals surface area contributed by atoms with Crippen molar-refractivity contribution in [2.75, 3.05) is 26.9 Å². The first-order chi connectivity index (χ1) is 11.9. The highest BCUT2D eigenvalue weighted by Crippen LogP contribution is 2.63. The molecule has 0 radical (unpaired) electrons. The van der Waals surface area contributed by atoms with E-state index in [9.17, 15) is 0 Å². The van der Waals surface area contributed by atoms with Gasteiger partial charge in [-0.2, -0.15) is 0 Å². The zero-order chi connectivity index (χ0) is 18.8. The number of benzene rings is 1. The third-order valence-corrected chi connectivity index (χ3v) is 14.0. The molecule has 1 unspecified atom stereocenters. The van der Waals surface area contributed by atoms with Crippen LogP contribution in [0.1, 0.15) is 31.9 Å². The lowest BCUT2D eigenvalue weighted by molar-refractivity contribution is 0.280. The van der Waals surface area contributed by atoms with Gasteiger partial charge in [-0.15, -0.1) is 0 Å². The SMILES string of the molecule is CCOP(=S)(OC)SCc1ccccc1CSP(=S)(OCC)OCC. The summed E-state index contributed by atoms with van der Waals surface area (Å²) in [7, 11) is 1.62. The van der Waals surface area contributed by atoms with Crippen LogP contribution in [-0.4, -0.2) is 26.9 Å². The number of rotatable bonds is 13. The third kappa shape index (κ3) is 8.73. The lowest BCUT2D eigenvalue weighted by atomic mass is 10.1. The second-order valence-corrected chi connectivity index (χ2v) is 17.4. The molecule has 0 bridgehead atoms. The first-order valence-corrected chi connectivity index (χ1v) is 16.4. The van der Waals surface area contributed by atoms with E-state index >= 15 is 0 Å². The minimum absolute atomic E-state index is 0.557. The summed E-state index contributed by atoms with van der Waals surface area (Å²) in [5, 5.41) is 0. The Bertz CT molecular complexity index is 605. The van der Waals surface area contributed by atoms with Crippen molar-refractivity contribution in [1.82, 2.24) is 0 Å². The standard InChI is InChI=1S/C15H26O4P2S4/c1-5-17-20(22,16-4)24-12-14-10-8-9-11-15(14)13-25-21(23,18-6-2)19-7-3/h8-11H,5-7,12-13H2,1-4H3. The zero-order valence-corrected chi connectivity index (χ0v) is 20.1. The molecule has 0 N–H and O–H groups in total. The Balaban J connectivity index is 2.79. The zero-order valence-electron chi connectivity index (χ0n) is 15.0. The van der Waals surface area contributed by atoms with E-state index < -0.39 is 11.4 Å². The summed E-state index contributed by atoms with van der Waals surface area (Å²) in [6.07, 6.45) is 0. The molecule has 0 saturated heterocycles. The van der Waals surface area contributed by atoms with E-state index in [1.165, 1.54) is 11.1 Å². The number of hydrogen-bond donors (Lipinski definition) is 0. The second-order valence-electron chi connectivity index (χ2n) is 4.65. The average Bonchev–Trinajstić information content (AvgIpc) is 2.60. The van der Waals surface area contributed by atoms with Crippen LogP contribution in [0.3, 0.4) is 0 Å². The maximum Gasteiger partial charge on any atom is 0.247 e. The highest BCUT2D eigenvalue weighted by Gasteiger charge is 2.21. The van der Waals surface area contributed by atoms with Gasteiger partial charge in [-0.1, -0.05) is 47.0 Å². The molecule has 0 saturated carbocycles. The van der Waals surface area contributed by atoms with Crippen molar-refractivity contribution in [1.29, 1.82) is 0 Å². The molecule has 1 rings (SSSR count). The quantitative estimate of drug-likeness (QED) is 0.315. The molecule has 10 heteroatoms. The van der Waals surface area contributed by atoms with Gasteiger partial charge in [0.25, 0.3) is 0 Å². The Labute approximate surface area is 169 Å². The van der Waals surface area contributed by atoms with E-state index in [1.54, 1.807) is 29.9 Å². The predicted octanol–water partition coefficient (Wildman–Crippen LogP) is 6.36. The molecule has 0 aliphatic heterocycles. The molecule has 4 nitrogen and oxygen atoms in total. The average molecular weight is 461 g/mol. The summed E-state index contributed by atoms with van der Waals surface area (Å²) < 4.78 is 22.5. The fourth-order valence-corrected chi connectivity index (χ4v) is 10.1. The Morgan fingerprint density at radius 2 is 1.20 bits per heavy atom. The van der Waals surface area contributed by atoms with Gasteiger partial charge in [0.2, 0.25) is 11.4 Å². The topological polar surface area (TPSA) is 36.9 Å². The Hall–Kier alpha value is 1.06. The van der Waals surface area contributed by atoms with Crippen LogP contribution in [0.5, 0.6) is 0 Å². The lowest BCUT2D eigenvalue weighted by Crippen LogP contribution is -1.95. The van der Waals surface area contributed by atoms with E-state index in [0.717, 1.165) is 11.5 Å². The molecule has 1 aromatic rings. The summed E-state index contributed by atoms with van der Waals surface area (Å²) in [6, 6.07) is 8.28. The van der Waals surface area contributed by atoms with Gasteiger partial charge in [0.15, 0.2) is 0 Å². The van der Waals surface area contributed by atoms with Crippen molar-refractivity contribution < 1.29 is 18.1 Å². The molecule has 25 heavy (non-hydrogen) atoms. The lowest BCUT2D eigenvalue weighted by Gasteiger charge is -2.21. The van der Waals surface area contributed by atoms with E-state index in [4.69, 9.17) is 41.7 Å². The Morgan fingerprint density at radius 1 is 0.800 bits per heavy atom. The Kier molecular flexibility index (Phi) is 12.1. The van der Waals surface area contributed by atoms with Gasteiger partial charge in [0, 0.05) is 18.6 Å². The second kappa shape index (κ2) is 12.5. The molecule has 0 spiro atoms. The molecule has 144 valence electrons. The van der Waals surface area contributed by atoms with Crippen LogP contribution in [0, 0.1) is 0 Å². The van der Waals surface area contributed by atoms with Gasteiger partial charge in [0.05, 0.1) is 19.8 Å². The largest absolute Gasteiger partial charge is 0.325 e. The van der Waals surface area contributed by atoms with Gasteiger partial charge >= 0.3 is 0 Å². The summed E-state index contributed by atoms with van der Waals surface area (Å²) >= 11 is 14.2. The molecule has 1 atom stereocenters. The van der Waals surface area contributed by atoms with E-state index in [1.807, 2.05) is 32.9 Å². The van der Waals surface area contributed by atoms with Crippen molar-refractivity contribution in [3.8, 4) is 0 Å². The van der Waals surface area contributed by atoms with E-state index in [0.29, 0.717) is 19.8 Å². The van der Waals surface area contributed by atoms with Crippen molar-refractivity contribution in [3.63, 3.8) is 0 Å². The molecule has 0 aliphatic rings. The minimum Gasteiger partial charge on any atom is -0.325 e. The minimum atomic E-state index is -2.29. The van der Waals surface area contributed by atoms with Gasteiger partial charge < -0.3 is 18.1 Å². The fourth-order valence-electron chi connectivity index (χ4n) is 1.87. The van der Waals surface area contributed by atoms with Gasteiger partial charge in [0.1, 0.15) is 0 Å². The van der Waals surface area contributed by atoms with Crippen LogP contribution in [-0.2, 0) is 53.2 Å². The maximum atomic E-state index is 5.71. The van der Waals surface area contributed by atoms with Crippen molar-refractivity contribution in [2.45, 2.75) is 32.3 Å². The third-order valence-electron chi connectivity index (χ3n) is 2.96. The van der Waals surface area contributed by atoms with Crippen molar-refractivity contribution >= 4 is 57.8 Å². The number of hydrogen-bond acceptors (Lipinski definition) is 8. The Morgan fingerprint density at radius 3 is 1.60 bits per heavy atom. The molecule has 0 heterocycles. The maximum absolute atomic E-state index is 5.71. The summed E-state index contributed by atoms with van der Waals surface area (Å²) in [4.78, 5) is 0. The van der Waals surface area contributed by atoms with E-state index in [2.05, 4.69) is 12.1 Å².